The van der Waals surface area contributed by atoms with Gasteiger partial charge in [-0.05, 0) is 60.0 Å². The van der Waals surface area contributed by atoms with Crippen LogP contribution in [0, 0.1) is 0 Å². The zero-order valence-electron chi connectivity index (χ0n) is 23.3. The van der Waals surface area contributed by atoms with Gasteiger partial charge in [0.15, 0.2) is 11.5 Å². The topological polar surface area (TPSA) is 101 Å². The van der Waals surface area contributed by atoms with Crippen LogP contribution >= 0.6 is 15.9 Å². The van der Waals surface area contributed by atoms with Crippen molar-refractivity contribution in [2.75, 3.05) is 47.6 Å². The van der Waals surface area contributed by atoms with Crippen LogP contribution in [-0.4, -0.2) is 76.1 Å². The molecule has 1 N–H and O–H groups in total. The number of aromatic nitrogens is 1. The molecule has 0 unspecified atom stereocenters. The first-order chi connectivity index (χ1) is 19.8. The fourth-order valence-corrected chi connectivity index (χ4v) is 6.21. The molecule has 0 fully saturated rings. The van der Waals surface area contributed by atoms with Gasteiger partial charge in [-0.15, -0.1) is 0 Å². The zero-order valence-corrected chi connectivity index (χ0v) is 25.7. The van der Waals surface area contributed by atoms with Gasteiger partial charge in [0.1, 0.15) is 0 Å². The molecule has 3 aromatic carbocycles. The molecule has 0 spiro atoms. The van der Waals surface area contributed by atoms with Crippen molar-refractivity contribution in [3.63, 3.8) is 0 Å². The second-order valence-corrected chi connectivity index (χ2v) is 12.3. The highest BCUT2D eigenvalue weighted by atomic mass is 79.9. The maximum absolute atomic E-state index is 13.9. The number of benzene rings is 3. The average molecular weight is 645 g/mol. The molecule has 0 bridgehead atoms. The minimum Gasteiger partial charge on any atom is -0.493 e. The summed E-state index contributed by atoms with van der Waals surface area (Å²) in [6, 6.07) is 19.8. The second kappa shape index (κ2) is 14.0. The molecule has 4 rings (SSSR count). The fraction of sp³-hybridized carbons (Fsp3) is 0.300. The molecule has 9 nitrogen and oxygen atoms in total. The van der Waals surface area contributed by atoms with Gasteiger partial charge in [-0.2, -0.15) is 4.31 Å². The molecule has 0 aliphatic rings. The molecule has 0 atom stereocenters. The first kappa shape index (κ1) is 30.6. The Kier molecular flexibility index (Phi) is 10.4. The average Bonchev–Trinajstić information content (AvgIpc) is 3.40. The smallest absolute Gasteiger partial charge is 0.243 e. The Morgan fingerprint density at radius 3 is 2.37 bits per heavy atom. The van der Waals surface area contributed by atoms with Crippen LogP contribution in [0.1, 0.15) is 11.1 Å². The summed E-state index contributed by atoms with van der Waals surface area (Å²) < 4.78 is 45.1. The number of halogens is 1. The van der Waals surface area contributed by atoms with E-state index in [-0.39, 0.29) is 37.0 Å². The van der Waals surface area contributed by atoms with E-state index in [2.05, 4.69) is 20.9 Å². The number of carbonyl (C=O) groups excluding carboxylic acids is 1. The Hall–Kier alpha value is -3.38. The standard InChI is InChI=1S/C30H34BrN3O6S/c1-38-17-16-34(41(36,37)25-11-9-24(31)10-12-25)21-30(35)33(20-22-8-13-28(39-2)29(18-22)40-3)15-14-23-19-32-27-7-5-4-6-26(23)27/h4-13,18-19,32H,14-17,20-21H2,1-3H3. The minimum atomic E-state index is -3.95. The Balaban J connectivity index is 1.61. The Bertz CT molecular complexity index is 1570. The van der Waals surface area contributed by atoms with Crippen LogP contribution < -0.4 is 9.47 Å². The first-order valence-electron chi connectivity index (χ1n) is 13.0. The molecule has 0 aliphatic carbocycles. The van der Waals surface area contributed by atoms with E-state index in [4.69, 9.17) is 14.2 Å². The first-order valence-corrected chi connectivity index (χ1v) is 15.3. The van der Waals surface area contributed by atoms with Crippen molar-refractivity contribution in [3.8, 4) is 11.5 Å². The summed E-state index contributed by atoms with van der Waals surface area (Å²) in [5.74, 6) is 0.809. The second-order valence-electron chi connectivity index (χ2n) is 9.40. The predicted molar refractivity (Wildman–Crippen MR) is 162 cm³/mol. The van der Waals surface area contributed by atoms with E-state index in [1.807, 2.05) is 42.6 Å². The van der Waals surface area contributed by atoms with Crippen LogP contribution in [0.5, 0.6) is 11.5 Å². The highest BCUT2D eigenvalue weighted by Gasteiger charge is 2.28. The predicted octanol–water partition coefficient (Wildman–Crippen LogP) is 4.86. The zero-order chi connectivity index (χ0) is 29.4. The monoisotopic (exact) mass is 643 g/mol. The fourth-order valence-electron chi connectivity index (χ4n) is 4.57. The molecule has 4 aromatic rings. The van der Waals surface area contributed by atoms with Gasteiger partial charge in [-0.25, -0.2) is 8.42 Å². The van der Waals surface area contributed by atoms with Crippen LogP contribution in [0.4, 0.5) is 0 Å². The number of rotatable bonds is 14. The molecule has 218 valence electrons. The highest BCUT2D eigenvalue weighted by molar-refractivity contribution is 9.10. The number of hydrogen-bond donors (Lipinski definition) is 1. The van der Waals surface area contributed by atoms with Gasteiger partial charge in [0.25, 0.3) is 0 Å². The number of hydrogen-bond acceptors (Lipinski definition) is 6. The summed E-state index contributed by atoms with van der Waals surface area (Å²) in [5, 5.41) is 1.09. The maximum atomic E-state index is 13.9. The summed E-state index contributed by atoms with van der Waals surface area (Å²) in [4.78, 5) is 18.9. The lowest BCUT2D eigenvalue weighted by Crippen LogP contribution is -2.44. The minimum absolute atomic E-state index is 0.0350. The number of methoxy groups -OCH3 is 3. The van der Waals surface area contributed by atoms with Gasteiger partial charge < -0.3 is 24.1 Å². The molecule has 0 radical (unpaired) electrons. The number of nitrogens with zero attached hydrogens (tertiary/aromatic N) is 2. The van der Waals surface area contributed by atoms with Crippen molar-refractivity contribution in [3.05, 3.63) is 88.5 Å². The van der Waals surface area contributed by atoms with Gasteiger partial charge >= 0.3 is 0 Å². The Morgan fingerprint density at radius 1 is 0.927 bits per heavy atom. The van der Waals surface area contributed by atoms with E-state index in [0.29, 0.717) is 24.5 Å². The van der Waals surface area contributed by atoms with Gasteiger partial charge in [-0.1, -0.05) is 40.2 Å². The van der Waals surface area contributed by atoms with Crippen LogP contribution in [0.3, 0.4) is 0 Å². The number of carbonyl (C=O) groups is 1. The van der Waals surface area contributed by atoms with Crippen LogP contribution in [0.15, 0.2) is 82.3 Å². The number of sulfonamides is 1. The summed E-state index contributed by atoms with van der Waals surface area (Å²) in [7, 11) is 0.664. The molecule has 0 saturated carbocycles. The SMILES string of the molecule is COCCN(CC(=O)N(CCc1c[nH]c2ccccc12)Cc1ccc(OC)c(OC)c1)S(=O)(=O)c1ccc(Br)cc1. The van der Waals surface area contributed by atoms with Crippen molar-refractivity contribution in [2.45, 2.75) is 17.9 Å². The number of nitrogens with one attached hydrogen (secondary N) is 1. The number of aromatic amines is 1. The highest BCUT2D eigenvalue weighted by Crippen LogP contribution is 2.28. The van der Waals surface area contributed by atoms with Crippen molar-refractivity contribution in [2.24, 2.45) is 0 Å². The summed E-state index contributed by atoms with van der Waals surface area (Å²) in [5.41, 5.74) is 2.92. The Morgan fingerprint density at radius 2 is 1.66 bits per heavy atom. The molecule has 0 saturated heterocycles. The quantitative estimate of drug-likeness (QED) is 0.211. The third-order valence-corrected chi connectivity index (χ3v) is 9.20. The van der Waals surface area contributed by atoms with Crippen molar-refractivity contribution < 1.29 is 27.4 Å². The van der Waals surface area contributed by atoms with Crippen LogP contribution in [-0.2, 0) is 32.5 Å². The van der Waals surface area contributed by atoms with E-state index < -0.39 is 10.0 Å². The van der Waals surface area contributed by atoms with E-state index in [1.165, 1.54) is 23.5 Å². The van der Waals surface area contributed by atoms with E-state index in [1.54, 1.807) is 37.3 Å². The third kappa shape index (κ3) is 7.48. The lowest BCUT2D eigenvalue weighted by atomic mass is 10.1. The molecular formula is C30H34BrN3O6S. The van der Waals surface area contributed by atoms with E-state index in [0.717, 1.165) is 26.5 Å². The third-order valence-electron chi connectivity index (χ3n) is 6.81. The largest absolute Gasteiger partial charge is 0.493 e. The number of ether oxygens (including phenoxy) is 3. The lowest BCUT2D eigenvalue weighted by Gasteiger charge is -2.27. The molecule has 1 heterocycles. The summed E-state index contributed by atoms with van der Waals surface area (Å²) in [6.07, 6.45) is 2.53. The molecule has 1 aromatic heterocycles. The van der Waals surface area contributed by atoms with Gasteiger partial charge in [0.2, 0.25) is 15.9 Å². The van der Waals surface area contributed by atoms with Crippen molar-refractivity contribution >= 4 is 42.8 Å². The maximum Gasteiger partial charge on any atom is 0.243 e. The molecule has 41 heavy (non-hydrogen) atoms. The normalized spacial score (nSPS) is 11.6. The summed E-state index contributed by atoms with van der Waals surface area (Å²) in [6.45, 7) is 0.494. The molecule has 1 amide bonds. The van der Waals surface area contributed by atoms with E-state index in [9.17, 15) is 13.2 Å². The number of fused-ring (bicyclic) bond motifs is 1. The van der Waals surface area contributed by atoms with E-state index >= 15 is 0 Å². The summed E-state index contributed by atoms with van der Waals surface area (Å²) >= 11 is 3.34. The lowest BCUT2D eigenvalue weighted by molar-refractivity contribution is -0.132. The number of H-pyrrole nitrogens is 1. The van der Waals surface area contributed by atoms with Gasteiger partial charge in [0.05, 0.1) is 32.3 Å². The Labute approximate surface area is 249 Å². The van der Waals surface area contributed by atoms with Crippen LogP contribution in [0.25, 0.3) is 10.9 Å². The van der Waals surface area contributed by atoms with Gasteiger partial charge in [0, 0.05) is 48.3 Å². The number of para-hydroxylation sites is 1. The van der Waals surface area contributed by atoms with Crippen LogP contribution in [0.2, 0.25) is 0 Å². The molecular weight excluding hydrogens is 610 g/mol. The van der Waals surface area contributed by atoms with Crippen molar-refractivity contribution in [1.29, 1.82) is 0 Å². The van der Waals surface area contributed by atoms with Gasteiger partial charge in [-0.3, -0.25) is 4.79 Å². The molecule has 0 aliphatic heterocycles. The number of amides is 1. The van der Waals surface area contributed by atoms with Crippen molar-refractivity contribution in [1.82, 2.24) is 14.2 Å². The molecule has 11 heteroatoms.